The molecule has 11 heavy (non-hydrogen) atoms. The minimum absolute atomic E-state index is 0.0799. The van der Waals surface area contributed by atoms with E-state index in [0.29, 0.717) is 6.54 Å². The van der Waals surface area contributed by atoms with E-state index < -0.39 is 5.60 Å². The Morgan fingerprint density at radius 3 is 3.00 bits per heavy atom. The van der Waals surface area contributed by atoms with Gasteiger partial charge in [0.05, 0.1) is 11.7 Å². The zero-order valence-electron chi connectivity index (χ0n) is 6.58. The molecular formula is C8H15NO2. The molecule has 2 rings (SSSR count). The van der Waals surface area contributed by atoms with E-state index in [1.807, 2.05) is 0 Å². The minimum Gasteiger partial charge on any atom is -0.393 e. The van der Waals surface area contributed by atoms with E-state index in [1.54, 1.807) is 0 Å². The Bertz CT molecular complexity index is 162. The Balaban J connectivity index is 2.15. The van der Waals surface area contributed by atoms with Crippen molar-refractivity contribution >= 4 is 0 Å². The molecule has 0 bridgehead atoms. The third kappa shape index (κ3) is 1.08. The highest BCUT2D eigenvalue weighted by molar-refractivity contribution is 5.01. The molecule has 2 fully saturated rings. The molecule has 3 nitrogen and oxygen atoms in total. The molecule has 2 aliphatic rings. The van der Waals surface area contributed by atoms with E-state index in [4.69, 9.17) is 0 Å². The molecule has 0 aromatic carbocycles. The number of aliphatic hydroxyl groups excluding tert-OH is 1. The van der Waals surface area contributed by atoms with E-state index in [9.17, 15) is 10.2 Å². The Morgan fingerprint density at radius 1 is 1.45 bits per heavy atom. The number of hydrogen-bond donors (Lipinski definition) is 3. The molecule has 1 heterocycles. The fourth-order valence-corrected chi connectivity index (χ4v) is 2.35. The first-order valence-corrected chi connectivity index (χ1v) is 4.33. The van der Waals surface area contributed by atoms with Crippen molar-refractivity contribution in [3.05, 3.63) is 0 Å². The first kappa shape index (κ1) is 7.53. The summed E-state index contributed by atoms with van der Waals surface area (Å²) in [6.45, 7) is 1.44. The fourth-order valence-electron chi connectivity index (χ4n) is 2.35. The van der Waals surface area contributed by atoms with Gasteiger partial charge in [-0.2, -0.15) is 0 Å². The van der Waals surface area contributed by atoms with Gasteiger partial charge in [-0.3, -0.25) is 0 Å². The van der Waals surface area contributed by atoms with Crippen LogP contribution < -0.4 is 5.32 Å². The normalized spacial score (nSPS) is 50.7. The lowest BCUT2D eigenvalue weighted by Gasteiger charge is -2.36. The summed E-state index contributed by atoms with van der Waals surface area (Å²) in [7, 11) is 0. The van der Waals surface area contributed by atoms with Crippen molar-refractivity contribution in [3.63, 3.8) is 0 Å². The van der Waals surface area contributed by atoms with Gasteiger partial charge >= 0.3 is 0 Å². The van der Waals surface area contributed by atoms with Crippen LogP contribution in [0.3, 0.4) is 0 Å². The van der Waals surface area contributed by atoms with Crippen LogP contribution in [0.4, 0.5) is 0 Å². The van der Waals surface area contributed by atoms with Gasteiger partial charge in [0.1, 0.15) is 0 Å². The summed E-state index contributed by atoms with van der Waals surface area (Å²) < 4.78 is 0. The van der Waals surface area contributed by atoms with Crippen LogP contribution in [0.5, 0.6) is 0 Å². The van der Waals surface area contributed by atoms with Crippen molar-refractivity contribution in [1.82, 2.24) is 5.32 Å². The smallest absolute Gasteiger partial charge is 0.0836 e. The minimum atomic E-state index is -0.600. The maximum Gasteiger partial charge on any atom is 0.0836 e. The molecule has 0 radical (unpaired) electrons. The highest BCUT2D eigenvalue weighted by Crippen LogP contribution is 2.36. The Kier molecular flexibility index (Phi) is 1.67. The summed E-state index contributed by atoms with van der Waals surface area (Å²) in [4.78, 5) is 0. The number of nitrogens with one attached hydrogen (secondary N) is 1. The second-order valence-electron chi connectivity index (χ2n) is 3.80. The molecule has 3 heteroatoms. The van der Waals surface area contributed by atoms with Gasteiger partial charge in [0.25, 0.3) is 0 Å². The van der Waals surface area contributed by atoms with Crippen LogP contribution in [0, 0.1) is 5.92 Å². The van der Waals surface area contributed by atoms with Crippen molar-refractivity contribution in [2.24, 2.45) is 5.92 Å². The van der Waals surface area contributed by atoms with Crippen molar-refractivity contribution in [3.8, 4) is 0 Å². The van der Waals surface area contributed by atoms with Gasteiger partial charge in [-0.1, -0.05) is 0 Å². The molecule has 0 amide bonds. The maximum atomic E-state index is 9.96. The van der Waals surface area contributed by atoms with E-state index in [1.165, 1.54) is 0 Å². The van der Waals surface area contributed by atoms with E-state index in [2.05, 4.69) is 5.32 Å². The second kappa shape index (κ2) is 2.44. The SMILES string of the molecule is OC1CCCC2(O)CNCC12. The molecule has 0 spiro atoms. The molecule has 1 aliphatic heterocycles. The third-order valence-electron chi connectivity index (χ3n) is 3.06. The Hall–Kier alpha value is -0.120. The monoisotopic (exact) mass is 157 g/mol. The number of aliphatic hydroxyl groups is 2. The van der Waals surface area contributed by atoms with Crippen LogP contribution in [0.15, 0.2) is 0 Å². The average molecular weight is 157 g/mol. The zero-order valence-corrected chi connectivity index (χ0v) is 6.58. The Morgan fingerprint density at radius 2 is 2.27 bits per heavy atom. The molecule has 3 atom stereocenters. The van der Waals surface area contributed by atoms with Crippen LogP contribution in [-0.2, 0) is 0 Å². The molecule has 0 aromatic rings. The molecule has 64 valence electrons. The van der Waals surface area contributed by atoms with Crippen molar-refractivity contribution in [2.45, 2.75) is 31.0 Å². The number of β-amino-alcohol motifs (C(OH)–C–C–N with tert-alkyl or cyclic N) is 1. The second-order valence-corrected chi connectivity index (χ2v) is 3.80. The third-order valence-corrected chi connectivity index (χ3v) is 3.06. The van der Waals surface area contributed by atoms with Crippen molar-refractivity contribution in [1.29, 1.82) is 0 Å². The largest absolute Gasteiger partial charge is 0.393 e. The van der Waals surface area contributed by atoms with Crippen LogP contribution >= 0.6 is 0 Å². The molecule has 1 saturated carbocycles. The van der Waals surface area contributed by atoms with E-state index >= 15 is 0 Å². The molecule has 3 unspecified atom stereocenters. The number of hydrogen-bond acceptors (Lipinski definition) is 3. The topological polar surface area (TPSA) is 52.5 Å². The molecule has 0 aromatic heterocycles. The molecular weight excluding hydrogens is 142 g/mol. The zero-order chi connectivity index (χ0) is 7.90. The van der Waals surface area contributed by atoms with Gasteiger partial charge in [-0.15, -0.1) is 0 Å². The average Bonchev–Trinajstić information content (AvgIpc) is 2.31. The van der Waals surface area contributed by atoms with Gasteiger partial charge in [0, 0.05) is 19.0 Å². The summed E-state index contributed by atoms with van der Waals surface area (Å²) >= 11 is 0. The van der Waals surface area contributed by atoms with E-state index in [0.717, 1.165) is 25.8 Å². The highest BCUT2D eigenvalue weighted by atomic mass is 16.3. The summed E-state index contributed by atoms with van der Waals surface area (Å²) in [5.41, 5.74) is -0.600. The summed E-state index contributed by atoms with van der Waals surface area (Å²) in [5.74, 6) is 0.0799. The standard InChI is InChI=1S/C8H15NO2/c10-7-2-1-3-8(11)5-9-4-6(7)8/h6-7,9-11H,1-5H2. The summed E-state index contributed by atoms with van der Waals surface area (Å²) in [6, 6.07) is 0. The first-order valence-electron chi connectivity index (χ1n) is 4.33. The number of fused-ring (bicyclic) bond motifs is 1. The lowest BCUT2D eigenvalue weighted by molar-refractivity contribution is -0.0724. The van der Waals surface area contributed by atoms with Gasteiger partial charge in [0.2, 0.25) is 0 Å². The van der Waals surface area contributed by atoms with Crippen LogP contribution in [0.2, 0.25) is 0 Å². The molecule has 1 saturated heterocycles. The van der Waals surface area contributed by atoms with Gasteiger partial charge in [-0.25, -0.2) is 0 Å². The number of rotatable bonds is 0. The quantitative estimate of drug-likeness (QED) is 0.443. The summed E-state index contributed by atoms with van der Waals surface area (Å²) in [6.07, 6.45) is 2.37. The predicted molar refractivity (Wildman–Crippen MR) is 41.2 cm³/mol. The first-order chi connectivity index (χ1) is 5.22. The van der Waals surface area contributed by atoms with Gasteiger partial charge in [0.15, 0.2) is 0 Å². The fraction of sp³-hybridized carbons (Fsp3) is 1.00. The van der Waals surface area contributed by atoms with Gasteiger partial charge in [-0.05, 0) is 19.3 Å². The Labute approximate surface area is 66.4 Å². The van der Waals surface area contributed by atoms with Crippen LogP contribution in [-0.4, -0.2) is 35.0 Å². The van der Waals surface area contributed by atoms with Gasteiger partial charge < -0.3 is 15.5 Å². The predicted octanol–water partition coefficient (Wildman–Crippen LogP) is -0.518. The van der Waals surface area contributed by atoms with Crippen LogP contribution in [0.25, 0.3) is 0 Å². The molecule has 1 aliphatic carbocycles. The molecule has 3 N–H and O–H groups in total. The summed E-state index contributed by atoms with van der Waals surface area (Å²) in [5, 5.41) is 22.6. The maximum absolute atomic E-state index is 9.96. The van der Waals surface area contributed by atoms with Crippen LogP contribution in [0.1, 0.15) is 19.3 Å². The highest BCUT2D eigenvalue weighted by Gasteiger charge is 2.46. The van der Waals surface area contributed by atoms with Crippen molar-refractivity contribution in [2.75, 3.05) is 13.1 Å². The van der Waals surface area contributed by atoms with Crippen molar-refractivity contribution < 1.29 is 10.2 Å². The lowest BCUT2D eigenvalue weighted by atomic mass is 9.76. The lowest BCUT2D eigenvalue weighted by Crippen LogP contribution is -2.46. The van der Waals surface area contributed by atoms with E-state index in [-0.39, 0.29) is 12.0 Å².